The van der Waals surface area contributed by atoms with E-state index in [4.69, 9.17) is 4.74 Å². The zero-order valence-corrected chi connectivity index (χ0v) is 13.1. The van der Waals surface area contributed by atoms with Crippen LogP contribution in [0.4, 0.5) is 4.79 Å². The van der Waals surface area contributed by atoms with E-state index in [0.717, 1.165) is 32.0 Å². The second-order valence-electron chi connectivity index (χ2n) is 6.49. The molecule has 4 nitrogen and oxygen atoms in total. The monoisotopic (exact) mass is 282 g/mol. The molecule has 2 atom stereocenters. The van der Waals surface area contributed by atoms with Crippen LogP contribution >= 0.6 is 0 Å². The number of amides is 1. The van der Waals surface area contributed by atoms with Gasteiger partial charge in [0, 0.05) is 19.1 Å². The average molecular weight is 282 g/mol. The molecule has 116 valence electrons. The highest BCUT2D eigenvalue weighted by molar-refractivity contribution is 5.67. The van der Waals surface area contributed by atoms with Crippen LogP contribution in [0.5, 0.6) is 0 Å². The molecule has 2 aliphatic rings. The number of piperidine rings is 1. The van der Waals surface area contributed by atoms with Crippen LogP contribution in [0.15, 0.2) is 0 Å². The Kier molecular flexibility index (Phi) is 6.14. The van der Waals surface area contributed by atoms with Crippen molar-refractivity contribution in [3.05, 3.63) is 0 Å². The highest BCUT2D eigenvalue weighted by atomic mass is 16.5. The summed E-state index contributed by atoms with van der Waals surface area (Å²) in [6.45, 7) is 4.99. The predicted octanol–water partition coefficient (Wildman–Crippen LogP) is 3.02. The molecule has 2 rings (SSSR count). The molecule has 1 N–H and O–H groups in total. The summed E-state index contributed by atoms with van der Waals surface area (Å²) in [5.74, 6) is 1.45. The van der Waals surface area contributed by atoms with Crippen molar-refractivity contribution in [1.29, 1.82) is 0 Å². The van der Waals surface area contributed by atoms with Gasteiger partial charge in [-0.25, -0.2) is 4.79 Å². The number of nitrogens with zero attached hydrogens (tertiary/aromatic N) is 1. The maximum absolute atomic E-state index is 11.8. The Morgan fingerprint density at radius 3 is 2.60 bits per heavy atom. The Morgan fingerprint density at radius 2 is 1.95 bits per heavy atom. The lowest BCUT2D eigenvalue weighted by molar-refractivity contribution is 0.0890. The second-order valence-corrected chi connectivity index (χ2v) is 6.49. The summed E-state index contributed by atoms with van der Waals surface area (Å²) in [6, 6.07) is 0.440. The Hall–Kier alpha value is -0.770. The van der Waals surface area contributed by atoms with Gasteiger partial charge >= 0.3 is 6.09 Å². The minimum absolute atomic E-state index is 0.174. The quantitative estimate of drug-likeness (QED) is 0.862. The number of carbonyl (C=O) groups excluding carboxylic acids is 1. The van der Waals surface area contributed by atoms with Gasteiger partial charge < -0.3 is 15.0 Å². The first-order chi connectivity index (χ1) is 9.72. The molecular formula is C16H30N2O2. The fourth-order valence-electron chi connectivity index (χ4n) is 3.65. The second kappa shape index (κ2) is 7.87. The van der Waals surface area contributed by atoms with E-state index in [1.807, 2.05) is 4.90 Å². The maximum Gasteiger partial charge on any atom is 0.409 e. The SMILES string of the molecule is CCC1CC(NCC2CCCCC2)CN(C(=O)OC)C1. The maximum atomic E-state index is 11.8. The van der Waals surface area contributed by atoms with Gasteiger partial charge in [-0.3, -0.25) is 0 Å². The van der Waals surface area contributed by atoms with Gasteiger partial charge in [0.25, 0.3) is 0 Å². The molecule has 2 unspecified atom stereocenters. The lowest BCUT2D eigenvalue weighted by Gasteiger charge is -2.38. The smallest absolute Gasteiger partial charge is 0.409 e. The summed E-state index contributed by atoms with van der Waals surface area (Å²) in [4.78, 5) is 13.6. The van der Waals surface area contributed by atoms with Crippen molar-refractivity contribution in [2.24, 2.45) is 11.8 Å². The molecule has 20 heavy (non-hydrogen) atoms. The normalized spacial score (nSPS) is 28.4. The van der Waals surface area contributed by atoms with E-state index in [1.165, 1.54) is 45.6 Å². The molecule has 0 aromatic rings. The van der Waals surface area contributed by atoms with Gasteiger partial charge in [-0.2, -0.15) is 0 Å². The molecule has 1 saturated heterocycles. The zero-order valence-electron chi connectivity index (χ0n) is 13.1. The fraction of sp³-hybridized carbons (Fsp3) is 0.938. The summed E-state index contributed by atoms with van der Waals surface area (Å²) in [7, 11) is 1.47. The van der Waals surface area contributed by atoms with E-state index in [-0.39, 0.29) is 6.09 Å². The minimum atomic E-state index is -0.174. The van der Waals surface area contributed by atoms with Gasteiger partial charge in [-0.15, -0.1) is 0 Å². The molecule has 0 bridgehead atoms. The predicted molar refractivity (Wildman–Crippen MR) is 80.7 cm³/mol. The molecule has 1 saturated carbocycles. The Balaban J connectivity index is 1.81. The van der Waals surface area contributed by atoms with E-state index in [9.17, 15) is 4.79 Å². The minimum Gasteiger partial charge on any atom is -0.453 e. The van der Waals surface area contributed by atoms with Crippen LogP contribution in [0.3, 0.4) is 0 Å². The van der Waals surface area contributed by atoms with Crippen molar-refractivity contribution in [2.75, 3.05) is 26.7 Å². The molecule has 2 fully saturated rings. The van der Waals surface area contributed by atoms with Crippen LogP contribution in [0.25, 0.3) is 0 Å². The molecule has 1 aliphatic heterocycles. The summed E-state index contributed by atoms with van der Waals surface area (Å²) in [5, 5.41) is 3.72. The molecule has 0 aromatic carbocycles. The van der Waals surface area contributed by atoms with Crippen molar-refractivity contribution in [3.8, 4) is 0 Å². The third-order valence-corrected chi connectivity index (χ3v) is 4.97. The van der Waals surface area contributed by atoms with Crippen LogP contribution < -0.4 is 5.32 Å². The molecule has 1 heterocycles. The number of methoxy groups -OCH3 is 1. The highest BCUT2D eigenvalue weighted by Crippen LogP contribution is 2.24. The number of likely N-dealkylation sites (tertiary alicyclic amines) is 1. The number of carbonyl (C=O) groups is 1. The fourth-order valence-corrected chi connectivity index (χ4v) is 3.65. The van der Waals surface area contributed by atoms with Crippen LogP contribution in [0, 0.1) is 11.8 Å². The number of hydrogen-bond donors (Lipinski definition) is 1. The summed E-state index contributed by atoms with van der Waals surface area (Å²) < 4.78 is 4.88. The van der Waals surface area contributed by atoms with Gasteiger partial charge in [0.15, 0.2) is 0 Å². The van der Waals surface area contributed by atoms with Crippen molar-refractivity contribution in [2.45, 2.75) is 57.9 Å². The number of hydrogen-bond acceptors (Lipinski definition) is 3. The van der Waals surface area contributed by atoms with Gasteiger partial charge in [0.05, 0.1) is 7.11 Å². The topological polar surface area (TPSA) is 41.6 Å². The van der Waals surface area contributed by atoms with E-state index < -0.39 is 0 Å². The summed E-state index contributed by atoms with van der Waals surface area (Å²) in [5.41, 5.74) is 0. The third-order valence-electron chi connectivity index (χ3n) is 4.97. The van der Waals surface area contributed by atoms with Crippen molar-refractivity contribution in [1.82, 2.24) is 10.2 Å². The Morgan fingerprint density at radius 1 is 1.20 bits per heavy atom. The van der Waals surface area contributed by atoms with Crippen LogP contribution in [0.1, 0.15) is 51.9 Å². The standard InChI is InChI=1S/C16H30N2O2/c1-3-13-9-15(12-18(11-13)16(19)20-2)17-10-14-7-5-4-6-8-14/h13-15,17H,3-12H2,1-2H3. The van der Waals surface area contributed by atoms with Crippen molar-refractivity contribution in [3.63, 3.8) is 0 Å². The van der Waals surface area contributed by atoms with Crippen molar-refractivity contribution < 1.29 is 9.53 Å². The van der Waals surface area contributed by atoms with Gasteiger partial charge in [0.2, 0.25) is 0 Å². The lowest BCUT2D eigenvalue weighted by atomic mass is 9.88. The van der Waals surface area contributed by atoms with Crippen LogP contribution in [0.2, 0.25) is 0 Å². The molecule has 1 amide bonds. The van der Waals surface area contributed by atoms with E-state index in [1.54, 1.807) is 0 Å². The molecule has 1 aliphatic carbocycles. The van der Waals surface area contributed by atoms with E-state index >= 15 is 0 Å². The van der Waals surface area contributed by atoms with E-state index in [2.05, 4.69) is 12.2 Å². The highest BCUT2D eigenvalue weighted by Gasteiger charge is 2.29. The first-order valence-corrected chi connectivity index (χ1v) is 8.29. The first-order valence-electron chi connectivity index (χ1n) is 8.29. The summed E-state index contributed by atoms with van der Waals surface area (Å²) >= 11 is 0. The number of nitrogens with one attached hydrogen (secondary N) is 1. The van der Waals surface area contributed by atoms with Gasteiger partial charge in [-0.1, -0.05) is 32.6 Å². The summed E-state index contributed by atoms with van der Waals surface area (Å²) in [6.07, 6.45) is 9.09. The Labute approximate surface area is 123 Å². The molecular weight excluding hydrogens is 252 g/mol. The zero-order chi connectivity index (χ0) is 14.4. The molecule has 0 spiro atoms. The van der Waals surface area contributed by atoms with Crippen LogP contribution in [-0.4, -0.2) is 43.8 Å². The Bertz CT molecular complexity index is 303. The first kappa shape index (κ1) is 15.6. The van der Waals surface area contributed by atoms with Crippen LogP contribution in [-0.2, 0) is 4.74 Å². The molecule has 0 radical (unpaired) electrons. The average Bonchev–Trinajstić information content (AvgIpc) is 2.52. The molecule has 4 heteroatoms. The number of rotatable bonds is 4. The third kappa shape index (κ3) is 4.37. The largest absolute Gasteiger partial charge is 0.453 e. The van der Waals surface area contributed by atoms with Crippen molar-refractivity contribution >= 4 is 6.09 Å². The van der Waals surface area contributed by atoms with E-state index in [0.29, 0.717) is 12.0 Å². The lowest BCUT2D eigenvalue weighted by Crippen LogP contribution is -2.52. The van der Waals surface area contributed by atoms with Gasteiger partial charge in [0.1, 0.15) is 0 Å². The number of ether oxygens (including phenoxy) is 1. The molecule has 0 aromatic heterocycles. The van der Waals surface area contributed by atoms with Gasteiger partial charge in [-0.05, 0) is 37.6 Å².